The summed E-state index contributed by atoms with van der Waals surface area (Å²) in [4.78, 5) is 38.0. The minimum absolute atomic E-state index is 0.220. The molecule has 0 radical (unpaired) electrons. The molecule has 12 heteroatoms. The van der Waals surface area contributed by atoms with Gasteiger partial charge in [-0.1, -0.05) is 0 Å². The van der Waals surface area contributed by atoms with Crippen LogP contribution in [0.3, 0.4) is 0 Å². The number of anilines is 1. The fraction of sp³-hybridized carbons (Fsp3) is 0.500. The number of amides is 3. The quantitative estimate of drug-likeness (QED) is 0.233. The van der Waals surface area contributed by atoms with Crippen molar-refractivity contribution in [2.45, 2.75) is 38.8 Å². The predicted octanol–water partition coefficient (Wildman–Crippen LogP) is 3.44. The molecule has 2 fully saturated rings. The highest BCUT2D eigenvalue weighted by Gasteiger charge is 2.28. The Labute approximate surface area is 217 Å². The minimum Gasteiger partial charge on any atom is -0.493 e. The number of nitrogens with zero attached hydrogens (tertiary/aromatic N) is 1. The number of thioether (sulfide) groups is 1. The third-order valence-electron chi connectivity index (χ3n) is 5.08. The fourth-order valence-electron chi connectivity index (χ4n) is 3.64. The Morgan fingerprint density at radius 2 is 2.06 bits per heavy atom. The molecule has 34 heavy (non-hydrogen) atoms. The van der Waals surface area contributed by atoms with Crippen LogP contribution < -0.4 is 28.7 Å². The van der Waals surface area contributed by atoms with Gasteiger partial charge in [-0.15, -0.1) is 0 Å². The summed E-state index contributed by atoms with van der Waals surface area (Å²) in [5.74, 6) is 0.687. The maximum absolute atomic E-state index is 12.1. The largest absolute Gasteiger partial charge is 0.493 e. The second kappa shape index (κ2) is 11.5. The molecule has 0 spiro atoms. The van der Waals surface area contributed by atoms with E-state index in [4.69, 9.17) is 12.5 Å². The Hall–Kier alpha value is -2.19. The average molecular weight is 604 g/mol. The zero-order valence-electron chi connectivity index (χ0n) is 19.5. The molecule has 0 bridgehead atoms. The van der Waals surface area contributed by atoms with E-state index in [2.05, 4.69) is 20.9 Å². The van der Waals surface area contributed by atoms with Crippen LogP contribution in [0.4, 0.5) is 15.3 Å². The van der Waals surface area contributed by atoms with Gasteiger partial charge in [0, 0.05) is 49.5 Å². The lowest BCUT2D eigenvalue weighted by atomic mass is 10.1. The third-order valence-corrected chi connectivity index (χ3v) is 6.36. The molecule has 1 unspecified atom stereocenters. The van der Waals surface area contributed by atoms with Crippen molar-refractivity contribution in [3.63, 3.8) is 0 Å². The number of methoxy groups -OCH3 is 1. The molecule has 3 N–H and O–H groups in total. The number of benzene rings is 1. The molecule has 2 aliphatic heterocycles. The topological polar surface area (TPSA) is 118 Å². The van der Waals surface area contributed by atoms with Crippen LogP contribution >= 0.6 is 34.8 Å². The maximum atomic E-state index is 12.1. The summed E-state index contributed by atoms with van der Waals surface area (Å²) < 4.78 is 16.1. The van der Waals surface area contributed by atoms with E-state index in [1.807, 2.05) is 26.8 Å². The fourth-order valence-corrected chi connectivity index (χ4v) is 4.65. The lowest BCUT2D eigenvalue weighted by Crippen LogP contribution is -2.40. The van der Waals surface area contributed by atoms with Crippen LogP contribution in [0.5, 0.6) is 11.5 Å². The normalized spacial score (nSPS) is 19.4. The van der Waals surface area contributed by atoms with E-state index in [0.29, 0.717) is 29.5 Å². The molecular formula is C22H29IN4O6S. The maximum Gasteiger partial charge on any atom is 0.407 e. The number of hydrogen-bond acceptors (Lipinski definition) is 9. The van der Waals surface area contributed by atoms with E-state index in [0.717, 1.165) is 42.5 Å². The molecule has 3 rings (SSSR count). The van der Waals surface area contributed by atoms with Crippen LogP contribution in [0.2, 0.25) is 0 Å². The molecule has 2 aliphatic rings. The average Bonchev–Trinajstić information content (AvgIpc) is 3.35. The summed E-state index contributed by atoms with van der Waals surface area (Å²) in [7, 11) is 1.55. The molecule has 10 nitrogen and oxygen atoms in total. The van der Waals surface area contributed by atoms with Crippen LogP contribution in [0.15, 0.2) is 17.0 Å². The summed E-state index contributed by atoms with van der Waals surface area (Å²) in [6, 6.07) is 3.90. The zero-order valence-corrected chi connectivity index (χ0v) is 22.5. The number of imide groups is 1. The smallest absolute Gasteiger partial charge is 0.407 e. The van der Waals surface area contributed by atoms with Crippen LogP contribution in [0.25, 0.3) is 6.08 Å². The number of ether oxygens (including phenoxy) is 2. The van der Waals surface area contributed by atoms with Crippen LogP contribution in [-0.2, 0) is 9.53 Å². The summed E-state index contributed by atoms with van der Waals surface area (Å²) in [6.45, 7) is 8.06. The van der Waals surface area contributed by atoms with E-state index >= 15 is 0 Å². The molecule has 1 atom stereocenters. The summed E-state index contributed by atoms with van der Waals surface area (Å²) in [6.07, 6.45) is 2.17. The first-order valence-corrected chi connectivity index (χ1v) is 12.5. The van der Waals surface area contributed by atoms with Crippen molar-refractivity contribution in [2.24, 2.45) is 0 Å². The van der Waals surface area contributed by atoms with Crippen molar-refractivity contribution in [3.05, 3.63) is 22.6 Å². The standard InChI is InChI=1S/C22H29IN4O6S/c1-22(2,3)32-20(29)25-7-6-24-14-5-8-27(12-14)15-11-17(33-23)16(31-4)9-13(15)10-18-19(28)26-21(30)34-18/h9-11,14,24H,5-8,12H2,1-4H3,(H,25,29)(H,26,28,30)/b18-10-. The highest BCUT2D eigenvalue weighted by molar-refractivity contribution is 14.1. The molecule has 3 amide bonds. The van der Waals surface area contributed by atoms with Gasteiger partial charge >= 0.3 is 6.09 Å². The first-order chi connectivity index (χ1) is 16.1. The molecule has 186 valence electrons. The van der Waals surface area contributed by atoms with E-state index in [1.54, 1.807) is 42.3 Å². The highest BCUT2D eigenvalue weighted by atomic mass is 127. The number of halogens is 1. The number of nitrogens with one attached hydrogen (secondary N) is 3. The summed E-state index contributed by atoms with van der Waals surface area (Å²) in [5, 5.41) is 8.10. The van der Waals surface area contributed by atoms with Gasteiger partial charge in [0.1, 0.15) is 5.60 Å². The van der Waals surface area contributed by atoms with Gasteiger partial charge in [-0.05, 0) is 51.1 Å². The van der Waals surface area contributed by atoms with E-state index in [-0.39, 0.29) is 11.3 Å². The van der Waals surface area contributed by atoms with Crippen molar-refractivity contribution in [1.82, 2.24) is 16.0 Å². The van der Waals surface area contributed by atoms with E-state index < -0.39 is 17.6 Å². The summed E-state index contributed by atoms with van der Waals surface area (Å²) in [5.41, 5.74) is 1.11. The van der Waals surface area contributed by atoms with Crippen LogP contribution in [0.1, 0.15) is 32.8 Å². The van der Waals surface area contributed by atoms with Gasteiger partial charge in [0.05, 0.1) is 12.0 Å². The zero-order chi connectivity index (χ0) is 24.9. The van der Waals surface area contributed by atoms with Crippen LogP contribution in [0, 0.1) is 0 Å². The highest BCUT2D eigenvalue weighted by Crippen LogP contribution is 2.39. The lowest BCUT2D eigenvalue weighted by molar-refractivity contribution is -0.115. The van der Waals surface area contributed by atoms with Crippen molar-refractivity contribution >= 4 is 63.8 Å². The number of hydrogen-bond donors (Lipinski definition) is 3. The number of carbonyl (C=O) groups excluding carboxylic acids is 3. The van der Waals surface area contributed by atoms with E-state index in [1.165, 1.54) is 0 Å². The molecule has 0 saturated carbocycles. The van der Waals surface area contributed by atoms with E-state index in [9.17, 15) is 14.4 Å². The predicted molar refractivity (Wildman–Crippen MR) is 140 cm³/mol. The molecule has 2 heterocycles. The SMILES string of the molecule is COc1cc(/C=C2\SC(=O)NC2=O)c(N2CCC(NCCNC(=O)OC(C)(C)C)C2)cc1OI. The lowest BCUT2D eigenvalue weighted by Gasteiger charge is -2.23. The molecule has 0 aliphatic carbocycles. The monoisotopic (exact) mass is 604 g/mol. The van der Waals surface area contributed by atoms with Gasteiger partial charge in [0.2, 0.25) is 0 Å². The Kier molecular flexibility index (Phi) is 8.93. The number of alkyl carbamates (subject to hydrolysis) is 1. The van der Waals surface area contributed by atoms with Crippen molar-refractivity contribution in [3.8, 4) is 11.5 Å². The molecule has 1 aromatic carbocycles. The van der Waals surface area contributed by atoms with Gasteiger partial charge in [0.15, 0.2) is 34.5 Å². The second-order valence-electron chi connectivity index (χ2n) is 8.81. The van der Waals surface area contributed by atoms with Crippen molar-refractivity contribution < 1.29 is 26.9 Å². The third kappa shape index (κ3) is 7.15. The summed E-state index contributed by atoms with van der Waals surface area (Å²) >= 11 is 2.68. The first kappa shape index (κ1) is 26.4. The van der Waals surface area contributed by atoms with Crippen molar-refractivity contribution in [2.75, 3.05) is 38.2 Å². The van der Waals surface area contributed by atoms with Gasteiger partial charge in [-0.25, -0.2) is 4.79 Å². The van der Waals surface area contributed by atoms with Gasteiger partial charge in [0.25, 0.3) is 11.1 Å². The molecule has 1 aromatic rings. The number of carbonyl (C=O) groups is 3. The van der Waals surface area contributed by atoms with Gasteiger partial charge in [-0.2, -0.15) is 0 Å². The van der Waals surface area contributed by atoms with Gasteiger partial charge < -0.3 is 28.1 Å². The minimum atomic E-state index is -0.527. The Bertz CT molecular complexity index is 981. The molecule has 0 aromatic heterocycles. The van der Waals surface area contributed by atoms with Crippen molar-refractivity contribution in [1.29, 1.82) is 0 Å². The van der Waals surface area contributed by atoms with Crippen LogP contribution in [-0.4, -0.2) is 62.2 Å². The first-order valence-electron chi connectivity index (χ1n) is 10.8. The molecule has 2 saturated heterocycles. The Balaban J connectivity index is 1.67. The number of rotatable bonds is 8. The second-order valence-corrected chi connectivity index (χ2v) is 10.3. The Morgan fingerprint density at radius 1 is 1.29 bits per heavy atom. The Morgan fingerprint density at radius 3 is 2.68 bits per heavy atom. The van der Waals surface area contributed by atoms with Gasteiger partial charge in [-0.3, -0.25) is 14.9 Å². The molecular weight excluding hydrogens is 575 g/mol.